The highest BCUT2D eigenvalue weighted by Crippen LogP contribution is 2.18. The first-order chi connectivity index (χ1) is 13.6. The number of hydrogen-bond donors (Lipinski definition) is 2. The Labute approximate surface area is 165 Å². The Hall–Kier alpha value is -2.94. The van der Waals surface area contributed by atoms with E-state index in [2.05, 4.69) is 20.8 Å². The summed E-state index contributed by atoms with van der Waals surface area (Å²) in [5.41, 5.74) is 0.857. The van der Waals surface area contributed by atoms with E-state index in [0.717, 1.165) is 11.8 Å². The highest BCUT2D eigenvalue weighted by Gasteiger charge is 2.20. The van der Waals surface area contributed by atoms with Gasteiger partial charge in [0.05, 0.1) is 12.6 Å². The molecular weight excluding hydrogens is 381 g/mol. The van der Waals surface area contributed by atoms with Crippen molar-refractivity contribution in [1.29, 1.82) is 0 Å². The van der Waals surface area contributed by atoms with Crippen LogP contribution < -0.4 is 10.6 Å². The molecule has 28 heavy (non-hydrogen) atoms. The molecule has 1 aromatic carbocycles. The predicted octanol–water partition coefficient (Wildman–Crippen LogP) is 2.21. The zero-order chi connectivity index (χ0) is 19.9. The number of benzene rings is 1. The van der Waals surface area contributed by atoms with Crippen LogP contribution in [-0.2, 0) is 4.79 Å². The zero-order valence-corrected chi connectivity index (χ0v) is 16.1. The molecule has 0 fully saturated rings. The smallest absolute Gasteiger partial charge is 0.251 e. The van der Waals surface area contributed by atoms with Gasteiger partial charge in [0.15, 0.2) is 11.5 Å². The van der Waals surface area contributed by atoms with Crippen LogP contribution in [0.3, 0.4) is 0 Å². The topological polar surface area (TPSA) is 88.4 Å². The number of fused-ring (bicyclic) bond motifs is 1. The summed E-state index contributed by atoms with van der Waals surface area (Å²) in [6, 6.07) is 10.5. The van der Waals surface area contributed by atoms with E-state index in [-0.39, 0.29) is 24.1 Å². The Morgan fingerprint density at radius 3 is 2.86 bits per heavy atom. The summed E-state index contributed by atoms with van der Waals surface area (Å²) in [6.07, 6.45) is 4.50. The first-order valence-corrected chi connectivity index (χ1v) is 10.1. The summed E-state index contributed by atoms with van der Waals surface area (Å²) < 4.78 is 15.1. The van der Waals surface area contributed by atoms with Crippen molar-refractivity contribution in [3.8, 4) is 0 Å². The molecule has 0 aliphatic heterocycles. The molecule has 2 amide bonds. The van der Waals surface area contributed by atoms with Crippen molar-refractivity contribution in [2.75, 3.05) is 18.6 Å². The Morgan fingerprint density at radius 2 is 2.07 bits per heavy atom. The van der Waals surface area contributed by atoms with Gasteiger partial charge in [-0.15, -0.1) is 10.2 Å². The summed E-state index contributed by atoms with van der Waals surface area (Å²) in [7, 11) is 0. The largest absolute Gasteiger partial charge is 0.344 e. The molecule has 146 valence electrons. The predicted molar refractivity (Wildman–Crippen MR) is 106 cm³/mol. The summed E-state index contributed by atoms with van der Waals surface area (Å²) >= 11 is 1.66. The van der Waals surface area contributed by atoms with Crippen LogP contribution in [0, 0.1) is 5.82 Å². The molecule has 2 aromatic heterocycles. The lowest BCUT2D eigenvalue weighted by Gasteiger charge is -2.17. The van der Waals surface area contributed by atoms with Crippen LogP contribution >= 0.6 is 11.8 Å². The monoisotopic (exact) mass is 401 g/mol. The number of hydrogen-bond acceptors (Lipinski definition) is 5. The van der Waals surface area contributed by atoms with Gasteiger partial charge in [-0.05, 0) is 48.8 Å². The molecule has 0 radical (unpaired) electrons. The molecule has 0 aliphatic carbocycles. The highest BCUT2D eigenvalue weighted by atomic mass is 32.2. The highest BCUT2D eigenvalue weighted by molar-refractivity contribution is 7.98. The quantitative estimate of drug-likeness (QED) is 0.604. The minimum Gasteiger partial charge on any atom is -0.344 e. The number of carbonyl (C=O) groups excluding carboxylic acids is 2. The van der Waals surface area contributed by atoms with E-state index in [1.807, 2.05) is 35.1 Å². The van der Waals surface area contributed by atoms with Gasteiger partial charge in [0.1, 0.15) is 5.82 Å². The second kappa shape index (κ2) is 9.32. The summed E-state index contributed by atoms with van der Waals surface area (Å²) in [6.45, 7) is -0.220. The summed E-state index contributed by atoms with van der Waals surface area (Å²) in [4.78, 5) is 24.5. The molecule has 0 bridgehead atoms. The third kappa shape index (κ3) is 4.86. The van der Waals surface area contributed by atoms with Crippen molar-refractivity contribution >= 4 is 29.2 Å². The van der Waals surface area contributed by atoms with E-state index >= 15 is 0 Å². The van der Waals surface area contributed by atoms with Crippen LogP contribution in [-0.4, -0.2) is 45.0 Å². The van der Waals surface area contributed by atoms with Gasteiger partial charge in [0.25, 0.3) is 5.91 Å². The maximum Gasteiger partial charge on any atom is 0.251 e. The minimum absolute atomic E-state index is 0.162. The molecule has 1 atom stereocenters. The van der Waals surface area contributed by atoms with Crippen LogP contribution in [0.2, 0.25) is 0 Å². The van der Waals surface area contributed by atoms with Gasteiger partial charge in [-0.25, -0.2) is 4.39 Å². The van der Waals surface area contributed by atoms with Crippen LogP contribution in [0.1, 0.15) is 28.6 Å². The number of thioether (sulfide) groups is 1. The molecule has 3 rings (SSSR count). The van der Waals surface area contributed by atoms with E-state index in [4.69, 9.17) is 0 Å². The standard InChI is InChI=1S/C19H20FN5O2S/c1-28-10-8-15(18-24-23-16-7-2-3-9-25(16)18)22-17(26)12-21-19(27)13-5-4-6-14(20)11-13/h2-7,9,11,15H,8,10,12H2,1H3,(H,21,27)(H,22,26). The third-order valence-electron chi connectivity index (χ3n) is 4.09. The molecule has 0 saturated heterocycles. The van der Waals surface area contributed by atoms with E-state index < -0.39 is 11.7 Å². The number of rotatable bonds is 8. The second-order valence-electron chi connectivity index (χ2n) is 6.08. The lowest BCUT2D eigenvalue weighted by atomic mass is 10.2. The number of carbonyl (C=O) groups is 2. The molecular formula is C19H20FN5O2S. The number of nitrogens with zero attached hydrogens (tertiary/aromatic N) is 3. The van der Waals surface area contributed by atoms with Crippen LogP contribution in [0.5, 0.6) is 0 Å². The van der Waals surface area contributed by atoms with Crippen LogP contribution in [0.15, 0.2) is 48.7 Å². The SMILES string of the molecule is CSCCC(NC(=O)CNC(=O)c1cccc(F)c1)c1nnc2ccccn12. The number of nitrogens with one attached hydrogen (secondary N) is 2. The van der Waals surface area contributed by atoms with Gasteiger partial charge < -0.3 is 10.6 Å². The van der Waals surface area contributed by atoms with E-state index in [0.29, 0.717) is 17.9 Å². The Bertz CT molecular complexity index is 978. The van der Waals surface area contributed by atoms with Crippen LogP contribution in [0.4, 0.5) is 4.39 Å². The molecule has 1 unspecified atom stereocenters. The molecule has 9 heteroatoms. The van der Waals surface area contributed by atoms with Gasteiger partial charge >= 0.3 is 0 Å². The van der Waals surface area contributed by atoms with Crippen molar-refractivity contribution < 1.29 is 14.0 Å². The Balaban J connectivity index is 1.65. The van der Waals surface area contributed by atoms with Gasteiger partial charge in [0.2, 0.25) is 5.91 Å². The summed E-state index contributed by atoms with van der Waals surface area (Å²) in [5.74, 6) is 0.0802. The summed E-state index contributed by atoms with van der Waals surface area (Å²) in [5, 5.41) is 13.7. The average Bonchev–Trinajstić information content (AvgIpc) is 3.13. The first-order valence-electron chi connectivity index (χ1n) is 8.70. The maximum absolute atomic E-state index is 13.2. The van der Waals surface area contributed by atoms with Crippen molar-refractivity contribution in [3.63, 3.8) is 0 Å². The molecule has 0 saturated carbocycles. The fraction of sp³-hybridized carbons (Fsp3) is 0.263. The van der Waals surface area contributed by atoms with Gasteiger partial charge in [0, 0.05) is 11.8 Å². The van der Waals surface area contributed by atoms with Gasteiger partial charge in [-0.1, -0.05) is 12.1 Å². The Kier molecular flexibility index (Phi) is 6.59. The van der Waals surface area contributed by atoms with Crippen molar-refractivity contribution in [1.82, 2.24) is 25.2 Å². The minimum atomic E-state index is -0.511. The van der Waals surface area contributed by atoms with Gasteiger partial charge in [-0.3, -0.25) is 14.0 Å². The van der Waals surface area contributed by atoms with Crippen LogP contribution in [0.25, 0.3) is 5.65 Å². The fourth-order valence-corrected chi connectivity index (χ4v) is 3.21. The normalized spacial score (nSPS) is 11.9. The Morgan fingerprint density at radius 1 is 1.21 bits per heavy atom. The lowest BCUT2D eigenvalue weighted by Crippen LogP contribution is -2.39. The van der Waals surface area contributed by atoms with Crippen molar-refractivity contribution in [2.45, 2.75) is 12.5 Å². The number of halogens is 1. The molecule has 0 spiro atoms. The lowest BCUT2D eigenvalue weighted by molar-refractivity contribution is -0.121. The molecule has 7 nitrogen and oxygen atoms in total. The number of pyridine rings is 1. The first kappa shape index (κ1) is 19.8. The van der Waals surface area contributed by atoms with E-state index in [9.17, 15) is 14.0 Å². The molecule has 3 aromatic rings. The van der Waals surface area contributed by atoms with Crippen molar-refractivity contribution in [2.24, 2.45) is 0 Å². The second-order valence-corrected chi connectivity index (χ2v) is 7.07. The van der Waals surface area contributed by atoms with E-state index in [1.165, 1.54) is 18.2 Å². The third-order valence-corrected chi connectivity index (χ3v) is 4.74. The number of aromatic nitrogens is 3. The van der Waals surface area contributed by atoms with Gasteiger partial charge in [-0.2, -0.15) is 11.8 Å². The average molecular weight is 401 g/mol. The van der Waals surface area contributed by atoms with Crippen molar-refractivity contribution in [3.05, 3.63) is 65.9 Å². The molecule has 2 heterocycles. The maximum atomic E-state index is 13.2. The number of amides is 2. The molecule has 2 N–H and O–H groups in total. The zero-order valence-electron chi connectivity index (χ0n) is 15.3. The molecule has 0 aliphatic rings. The fourth-order valence-electron chi connectivity index (χ4n) is 2.74. The van der Waals surface area contributed by atoms with E-state index in [1.54, 1.807) is 11.8 Å².